The van der Waals surface area contributed by atoms with Crippen molar-refractivity contribution in [2.24, 2.45) is 0 Å². The molecule has 2 N–H and O–H groups in total. The number of nitrogens with one attached hydrogen (secondary N) is 2. The van der Waals surface area contributed by atoms with Crippen LogP contribution in [0.2, 0.25) is 0 Å². The lowest BCUT2D eigenvalue weighted by molar-refractivity contribution is 0.845. The zero-order valence-corrected chi connectivity index (χ0v) is 13.8. The van der Waals surface area contributed by atoms with Crippen molar-refractivity contribution in [1.82, 2.24) is 25.0 Å². The summed E-state index contributed by atoms with van der Waals surface area (Å²) >= 11 is 0. The van der Waals surface area contributed by atoms with Crippen LogP contribution in [0, 0.1) is 6.92 Å². The average Bonchev–Trinajstić information content (AvgIpc) is 3.30. The zero-order valence-electron chi connectivity index (χ0n) is 13.8. The van der Waals surface area contributed by atoms with Crippen molar-refractivity contribution in [3.63, 3.8) is 0 Å². The molecule has 4 aromatic rings. The Bertz CT molecular complexity index is 970. The summed E-state index contributed by atoms with van der Waals surface area (Å²) in [6, 6.07) is 17.9. The van der Waals surface area contributed by atoms with Crippen LogP contribution in [0.3, 0.4) is 0 Å². The molecule has 0 radical (unpaired) electrons. The molecule has 0 saturated heterocycles. The Balaban J connectivity index is 1.53. The summed E-state index contributed by atoms with van der Waals surface area (Å²) in [5, 5.41) is 15.3. The fourth-order valence-corrected chi connectivity index (χ4v) is 2.72. The molecular formula is C19H18N6. The quantitative estimate of drug-likeness (QED) is 0.587. The largest absolute Gasteiger partial charge is 0.378 e. The van der Waals surface area contributed by atoms with Gasteiger partial charge in [0, 0.05) is 18.1 Å². The molecule has 0 aliphatic heterocycles. The molecule has 3 aromatic heterocycles. The SMILES string of the molecule is Cc1ccnn1-c1ccccc1NCc1cc(-c2ccccn2)n[nH]1. The normalized spacial score (nSPS) is 10.8. The Hall–Kier alpha value is -3.41. The fraction of sp³-hybridized carbons (Fsp3) is 0.105. The summed E-state index contributed by atoms with van der Waals surface area (Å²) in [6.45, 7) is 2.68. The van der Waals surface area contributed by atoms with Gasteiger partial charge in [0.25, 0.3) is 0 Å². The first-order valence-electron chi connectivity index (χ1n) is 8.11. The molecule has 6 heteroatoms. The molecule has 25 heavy (non-hydrogen) atoms. The van der Waals surface area contributed by atoms with Crippen molar-refractivity contribution in [3.8, 4) is 17.1 Å². The number of hydrogen-bond donors (Lipinski definition) is 2. The second kappa shape index (κ2) is 6.60. The van der Waals surface area contributed by atoms with Crippen molar-refractivity contribution < 1.29 is 0 Å². The van der Waals surface area contributed by atoms with E-state index in [0.717, 1.165) is 34.2 Å². The van der Waals surface area contributed by atoms with Crippen molar-refractivity contribution in [3.05, 3.63) is 78.4 Å². The van der Waals surface area contributed by atoms with Crippen LogP contribution in [0.5, 0.6) is 0 Å². The van der Waals surface area contributed by atoms with Crippen molar-refractivity contribution >= 4 is 5.69 Å². The number of aryl methyl sites for hydroxylation is 1. The predicted molar refractivity (Wildman–Crippen MR) is 97.4 cm³/mol. The highest BCUT2D eigenvalue weighted by molar-refractivity contribution is 5.61. The van der Waals surface area contributed by atoms with E-state index in [-0.39, 0.29) is 0 Å². The number of aromatic nitrogens is 5. The Morgan fingerprint density at radius 3 is 2.68 bits per heavy atom. The van der Waals surface area contributed by atoms with E-state index >= 15 is 0 Å². The highest BCUT2D eigenvalue weighted by Crippen LogP contribution is 2.22. The lowest BCUT2D eigenvalue weighted by atomic mass is 10.2. The first-order chi connectivity index (χ1) is 12.3. The number of benzene rings is 1. The van der Waals surface area contributed by atoms with Gasteiger partial charge in [0.2, 0.25) is 0 Å². The summed E-state index contributed by atoms with van der Waals surface area (Å²) in [4.78, 5) is 4.32. The molecule has 0 saturated carbocycles. The molecule has 0 unspecified atom stereocenters. The van der Waals surface area contributed by atoms with Crippen molar-refractivity contribution in [2.75, 3.05) is 5.32 Å². The number of para-hydroxylation sites is 2. The minimum atomic E-state index is 0.636. The van der Waals surface area contributed by atoms with E-state index in [2.05, 4.69) is 31.7 Å². The van der Waals surface area contributed by atoms with Gasteiger partial charge in [-0.1, -0.05) is 18.2 Å². The second-order valence-electron chi connectivity index (χ2n) is 5.75. The lowest BCUT2D eigenvalue weighted by Crippen LogP contribution is -2.06. The second-order valence-corrected chi connectivity index (χ2v) is 5.75. The molecule has 124 valence electrons. The molecule has 0 atom stereocenters. The van der Waals surface area contributed by atoms with Crippen LogP contribution >= 0.6 is 0 Å². The molecule has 6 nitrogen and oxygen atoms in total. The summed E-state index contributed by atoms with van der Waals surface area (Å²) in [6.07, 6.45) is 3.57. The Labute approximate surface area is 145 Å². The van der Waals surface area contributed by atoms with Gasteiger partial charge in [-0.2, -0.15) is 10.2 Å². The molecular weight excluding hydrogens is 312 g/mol. The van der Waals surface area contributed by atoms with Crippen molar-refractivity contribution in [2.45, 2.75) is 13.5 Å². The molecule has 0 bridgehead atoms. The van der Waals surface area contributed by atoms with Crippen LogP contribution in [0.4, 0.5) is 5.69 Å². The van der Waals surface area contributed by atoms with Gasteiger partial charge in [0.1, 0.15) is 5.69 Å². The van der Waals surface area contributed by atoms with Gasteiger partial charge in [-0.25, -0.2) is 4.68 Å². The first kappa shape index (κ1) is 15.1. The zero-order chi connectivity index (χ0) is 17.1. The van der Waals surface area contributed by atoms with Gasteiger partial charge < -0.3 is 5.32 Å². The molecule has 0 fully saturated rings. The molecule has 4 rings (SSSR count). The maximum Gasteiger partial charge on any atom is 0.111 e. The third kappa shape index (κ3) is 3.14. The number of rotatable bonds is 5. The Morgan fingerprint density at radius 2 is 1.88 bits per heavy atom. The summed E-state index contributed by atoms with van der Waals surface area (Å²) < 4.78 is 1.93. The number of nitrogens with zero attached hydrogens (tertiary/aromatic N) is 4. The minimum Gasteiger partial charge on any atom is -0.378 e. The van der Waals surface area contributed by atoms with Crippen LogP contribution < -0.4 is 5.32 Å². The first-order valence-corrected chi connectivity index (χ1v) is 8.11. The molecule has 1 aromatic carbocycles. The number of hydrogen-bond acceptors (Lipinski definition) is 4. The molecule has 0 spiro atoms. The van der Waals surface area contributed by atoms with E-state index in [1.807, 2.05) is 60.1 Å². The van der Waals surface area contributed by atoms with Crippen molar-refractivity contribution in [1.29, 1.82) is 0 Å². The third-order valence-electron chi connectivity index (χ3n) is 3.99. The van der Waals surface area contributed by atoms with E-state index in [4.69, 9.17) is 0 Å². The number of aromatic amines is 1. The highest BCUT2D eigenvalue weighted by atomic mass is 15.3. The van der Waals surface area contributed by atoms with Gasteiger partial charge in [-0.05, 0) is 43.3 Å². The topological polar surface area (TPSA) is 71.4 Å². The van der Waals surface area contributed by atoms with Crippen LogP contribution in [-0.2, 0) is 6.54 Å². The maximum atomic E-state index is 4.39. The molecule has 0 amide bonds. The van der Waals surface area contributed by atoms with Gasteiger partial charge >= 0.3 is 0 Å². The Morgan fingerprint density at radius 1 is 1.00 bits per heavy atom. The summed E-state index contributed by atoms with van der Waals surface area (Å²) in [7, 11) is 0. The third-order valence-corrected chi connectivity index (χ3v) is 3.99. The van der Waals surface area contributed by atoms with Crippen LogP contribution in [-0.4, -0.2) is 25.0 Å². The molecule has 3 heterocycles. The van der Waals surface area contributed by atoms with Crippen LogP contribution in [0.25, 0.3) is 17.1 Å². The highest BCUT2D eigenvalue weighted by Gasteiger charge is 2.08. The van der Waals surface area contributed by atoms with E-state index in [9.17, 15) is 0 Å². The number of H-pyrrole nitrogens is 1. The van der Waals surface area contributed by atoms with E-state index in [0.29, 0.717) is 6.54 Å². The smallest absolute Gasteiger partial charge is 0.111 e. The van der Waals surface area contributed by atoms with Gasteiger partial charge in [-0.3, -0.25) is 10.1 Å². The summed E-state index contributed by atoms with van der Waals surface area (Å²) in [5.74, 6) is 0. The standard InChI is InChI=1S/C19H18N6/c1-14-9-11-22-25(14)19-8-3-2-7-17(19)21-13-15-12-18(24-23-15)16-6-4-5-10-20-16/h2-12,21H,13H2,1H3,(H,23,24). The van der Waals surface area contributed by atoms with Gasteiger partial charge in [0.05, 0.1) is 29.3 Å². The van der Waals surface area contributed by atoms with Crippen LogP contribution in [0.1, 0.15) is 11.4 Å². The Kier molecular flexibility index (Phi) is 4.00. The fourth-order valence-electron chi connectivity index (χ4n) is 2.72. The predicted octanol–water partition coefficient (Wildman–Crippen LogP) is 3.58. The number of anilines is 1. The van der Waals surface area contributed by atoms with Crippen LogP contribution in [0.15, 0.2) is 67.0 Å². The molecule has 0 aliphatic rings. The molecule has 0 aliphatic carbocycles. The summed E-state index contributed by atoms with van der Waals surface area (Å²) in [5.41, 5.74) is 5.82. The maximum absolute atomic E-state index is 4.39. The average molecular weight is 330 g/mol. The van der Waals surface area contributed by atoms with Gasteiger partial charge in [0.15, 0.2) is 0 Å². The lowest BCUT2D eigenvalue weighted by Gasteiger charge is -2.12. The monoisotopic (exact) mass is 330 g/mol. The van der Waals surface area contributed by atoms with E-state index in [1.165, 1.54) is 0 Å². The van der Waals surface area contributed by atoms with Gasteiger partial charge in [-0.15, -0.1) is 0 Å². The minimum absolute atomic E-state index is 0.636. The van der Waals surface area contributed by atoms with E-state index < -0.39 is 0 Å². The number of pyridine rings is 1. The van der Waals surface area contributed by atoms with E-state index in [1.54, 1.807) is 12.4 Å².